The maximum Gasteiger partial charge on any atom is 0.135 e. The molecule has 1 atom stereocenters. The highest BCUT2D eigenvalue weighted by atomic mass is 16.5. The van der Waals surface area contributed by atoms with Crippen molar-refractivity contribution in [1.29, 1.82) is 0 Å². The highest BCUT2D eigenvalue weighted by Gasteiger charge is 2.26. The molecule has 0 aliphatic carbocycles. The number of hydrogen-bond acceptors (Lipinski definition) is 2. The number of ether oxygens (including phenoxy) is 2. The Morgan fingerprint density at radius 1 is 0.852 bits per heavy atom. The molecule has 1 aliphatic heterocycles. The Hall–Kier alpha value is -3.44. The average Bonchev–Trinajstić information content (AvgIpc) is 2.73. The normalized spacial score (nSPS) is 15.3. The van der Waals surface area contributed by atoms with E-state index >= 15 is 0 Å². The largest absolute Gasteiger partial charge is 0.497 e. The van der Waals surface area contributed by atoms with Crippen molar-refractivity contribution in [2.45, 2.75) is 12.8 Å². The van der Waals surface area contributed by atoms with E-state index < -0.39 is 0 Å². The molecule has 0 aromatic heterocycles. The molecule has 0 unspecified atom stereocenters. The summed E-state index contributed by atoms with van der Waals surface area (Å²) in [4.78, 5) is 0. The molecule has 1 heterocycles. The lowest BCUT2D eigenvalue weighted by molar-refractivity contribution is 0.414. The van der Waals surface area contributed by atoms with Crippen LogP contribution in [-0.2, 0) is 0 Å². The fraction of sp³-hybridized carbons (Fsp3) is 0.120. The van der Waals surface area contributed by atoms with Gasteiger partial charge in [0, 0.05) is 16.7 Å². The van der Waals surface area contributed by atoms with Crippen LogP contribution in [0.4, 0.5) is 0 Å². The van der Waals surface area contributed by atoms with Gasteiger partial charge in [-0.3, -0.25) is 0 Å². The first-order chi connectivity index (χ1) is 13.3. The minimum atomic E-state index is -0.00717. The highest BCUT2D eigenvalue weighted by Crippen LogP contribution is 2.41. The second-order valence-corrected chi connectivity index (χ2v) is 6.45. The Bertz CT molecular complexity index is 1030. The maximum absolute atomic E-state index is 6.26. The molecular weight excluding hydrogens is 332 g/mol. The molecule has 0 spiro atoms. The quantitative estimate of drug-likeness (QED) is 0.555. The van der Waals surface area contributed by atoms with Crippen molar-refractivity contribution in [3.8, 4) is 23.3 Å². The number of benzene rings is 3. The van der Waals surface area contributed by atoms with Gasteiger partial charge in [-0.05, 0) is 55.0 Å². The average molecular weight is 352 g/mol. The number of methoxy groups -OCH3 is 1. The summed E-state index contributed by atoms with van der Waals surface area (Å²) in [6.45, 7) is 2.10. The van der Waals surface area contributed by atoms with E-state index in [1.54, 1.807) is 7.11 Å². The van der Waals surface area contributed by atoms with Crippen LogP contribution >= 0.6 is 0 Å². The second kappa shape index (κ2) is 7.43. The standard InChI is InChI=1S/C25H20O2/c1-18-22(17-12-19-8-4-3-5-9-19)23-10-6-7-11-24(23)27-25(18)20-13-15-21(26-2)16-14-20/h3-11,13-16,22H,1-2H3/t22-/m1/s1. The van der Waals surface area contributed by atoms with Crippen LogP contribution in [0.5, 0.6) is 11.5 Å². The SMILES string of the molecule is COc1ccc(C2=C(C)[C@@H](C#Cc3ccccc3)c3ccccc3O2)cc1. The minimum absolute atomic E-state index is 0.00717. The van der Waals surface area contributed by atoms with Crippen LogP contribution in [0.15, 0.2) is 84.4 Å². The topological polar surface area (TPSA) is 18.5 Å². The molecule has 3 aromatic carbocycles. The summed E-state index contributed by atoms with van der Waals surface area (Å²) in [6.07, 6.45) is 0. The molecule has 3 aromatic rings. The molecule has 1 aliphatic rings. The van der Waals surface area contributed by atoms with E-state index in [0.717, 1.165) is 39.5 Å². The van der Waals surface area contributed by atoms with Crippen molar-refractivity contribution in [1.82, 2.24) is 0 Å². The van der Waals surface area contributed by atoms with E-state index in [9.17, 15) is 0 Å². The summed E-state index contributed by atoms with van der Waals surface area (Å²) in [5, 5.41) is 0. The lowest BCUT2D eigenvalue weighted by Crippen LogP contribution is -2.12. The molecule has 4 rings (SSSR count). The van der Waals surface area contributed by atoms with Gasteiger partial charge in [0.1, 0.15) is 17.3 Å². The maximum atomic E-state index is 6.26. The molecule has 2 heteroatoms. The summed E-state index contributed by atoms with van der Waals surface area (Å²) >= 11 is 0. The Morgan fingerprint density at radius 2 is 1.56 bits per heavy atom. The van der Waals surface area contributed by atoms with E-state index in [-0.39, 0.29) is 5.92 Å². The van der Waals surface area contributed by atoms with Crippen molar-refractivity contribution in [2.75, 3.05) is 7.11 Å². The fourth-order valence-corrected chi connectivity index (χ4v) is 3.26. The highest BCUT2D eigenvalue weighted by molar-refractivity contribution is 5.72. The van der Waals surface area contributed by atoms with Gasteiger partial charge in [-0.2, -0.15) is 0 Å². The van der Waals surface area contributed by atoms with Crippen molar-refractivity contribution < 1.29 is 9.47 Å². The molecular formula is C25H20O2. The van der Waals surface area contributed by atoms with Crippen molar-refractivity contribution in [2.24, 2.45) is 0 Å². The predicted molar refractivity (Wildman–Crippen MR) is 109 cm³/mol. The van der Waals surface area contributed by atoms with E-state index in [1.807, 2.05) is 72.8 Å². The number of hydrogen-bond donors (Lipinski definition) is 0. The lowest BCUT2D eigenvalue weighted by atomic mass is 9.87. The van der Waals surface area contributed by atoms with Gasteiger partial charge in [-0.25, -0.2) is 0 Å². The Morgan fingerprint density at radius 3 is 2.30 bits per heavy atom. The van der Waals surface area contributed by atoms with E-state index in [1.165, 1.54) is 0 Å². The summed E-state index contributed by atoms with van der Waals surface area (Å²) in [5.74, 6) is 9.32. The van der Waals surface area contributed by atoms with Crippen molar-refractivity contribution in [3.05, 3.63) is 101 Å². The van der Waals surface area contributed by atoms with Crippen LogP contribution < -0.4 is 9.47 Å². The zero-order valence-corrected chi connectivity index (χ0v) is 15.4. The number of rotatable bonds is 2. The molecule has 0 amide bonds. The molecule has 0 fully saturated rings. The molecule has 2 nitrogen and oxygen atoms in total. The van der Waals surface area contributed by atoms with Gasteiger partial charge in [-0.1, -0.05) is 48.2 Å². The van der Waals surface area contributed by atoms with E-state index in [4.69, 9.17) is 9.47 Å². The van der Waals surface area contributed by atoms with Gasteiger partial charge >= 0.3 is 0 Å². The van der Waals surface area contributed by atoms with Crippen LogP contribution in [-0.4, -0.2) is 7.11 Å². The predicted octanol–water partition coefficient (Wildman–Crippen LogP) is 5.65. The monoisotopic (exact) mass is 352 g/mol. The van der Waals surface area contributed by atoms with Crippen LogP contribution in [0, 0.1) is 11.8 Å². The Balaban J connectivity index is 1.79. The zero-order chi connectivity index (χ0) is 18.6. The smallest absolute Gasteiger partial charge is 0.135 e. The third-order valence-electron chi connectivity index (χ3n) is 4.72. The van der Waals surface area contributed by atoms with Crippen LogP contribution in [0.2, 0.25) is 0 Å². The second-order valence-electron chi connectivity index (χ2n) is 6.45. The van der Waals surface area contributed by atoms with Gasteiger partial charge in [0.15, 0.2) is 0 Å². The number of para-hydroxylation sites is 1. The molecule has 0 N–H and O–H groups in total. The molecule has 0 radical (unpaired) electrons. The lowest BCUT2D eigenvalue weighted by Gasteiger charge is -2.26. The van der Waals surface area contributed by atoms with Gasteiger partial charge in [0.05, 0.1) is 13.0 Å². The summed E-state index contributed by atoms with van der Waals surface area (Å²) in [5.41, 5.74) is 4.26. The first-order valence-corrected chi connectivity index (χ1v) is 8.95. The molecule has 0 saturated carbocycles. The molecule has 27 heavy (non-hydrogen) atoms. The van der Waals surface area contributed by atoms with Crippen LogP contribution in [0.1, 0.15) is 29.5 Å². The summed E-state index contributed by atoms with van der Waals surface area (Å²) in [7, 11) is 1.67. The number of fused-ring (bicyclic) bond motifs is 1. The molecule has 0 saturated heterocycles. The third kappa shape index (κ3) is 3.45. The number of allylic oxidation sites excluding steroid dienone is 1. The van der Waals surface area contributed by atoms with Crippen molar-refractivity contribution in [3.63, 3.8) is 0 Å². The Labute approximate surface area is 160 Å². The van der Waals surface area contributed by atoms with Gasteiger partial charge in [0.2, 0.25) is 0 Å². The fourth-order valence-electron chi connectivity index (χ4n) is 3.26. The summed E-state index contributed by atoms with van der Waals surface area (Å²) < 4.78 is 11.5. The first kappa shape index (κ1) is 17.0. The molecule has 132 valence electrons. The van der Waals surface area contributed by atoms with Gasteiger partial charge in [-0.15, -0.1) is 0 Å². The first-order valence-electron chi connectivity index (χ1n) is 8.95. The molecule has 0 bridgehead atoms. The van der Waals surface area contributed by atoms with Gasteiger partial charge in [0.25, 0.3) is 0 Å². The zero-order valence-electron chi connectivity index (χ0n) is 15.4. The van der Waals surface area contributed by atoms with E-state index in [0.29, 0.717) is 0 Å². The summed E-state index contributed by atoms with van der Waals surface area (Å²) in [6, 6.07) is 26.1. The van der Waals surface area contributed by atoms with Crippen LogP contribution in [0.3, 0.4) is 0 Å². The minimum Gasteiger partial charge on any atom is -0.497 e. The van der Waals surface area contributed by atoms with Gasteiger partial charge < -0.3 is 9.47 Å². The van der Waals surface area contributed by atoms with E-state index in [2.05, 4.69) is 24.8 Å². The van der Waals surface area contributed by atoms with Crippen molar-refractivity contribution >= 4 is 5.76 Å². The Kier molecular flexibility index (Phi) is 4.68. The third-order valence-corrected chi connectivity index (χ3v) is 4.72. The van der Waals surface area contributed by atoms with Crippen LogP contribution in [0.25, 0.3) is 5.76 Å².